The first kappa shape index (κ1) is 47.4. The van der Waals surface area contributed by atoms with Crippen LogP contribution in [0.3, 0.4) is 0 Å². The zero-order valence-electron chi connectivity index (χ0n) is 37.2. The van der Waals surface area contributed by atoms with Gasteiger partial charge in [0.05, 0.1) is 44.2 Å². The molecule has 0 amide bonds. The molecule has 4 aliphatic carbocycles. The van der Waals surface area contributed by atoms with Crippen molar-refractivity contribution in [2.75, 3.05) is 19.8 Å². The van der Waals surface area contributed by atoms with Gasteiger partial charge < -0.3 is 89.0 Å². The van der Waals surface area contributed by atoms with E-state index in [0.717, 1.165) is 51.6 Å². The summed E-state index contributed by atoms with van der Waals surface area (Å²) < 4.78 is 49.7. The van der Waals surface area contributed by atoms with Crippen molar-refractivity contribution >= 4 is 0 Å². The summed E-state index contributed by atoms with van der Waals surface area (Å²) in [6.07, 6.45) is -17.0. The number of ether oxygens (including phenoxy) is 8. The van der Waals surface area contributed by atoms with E-state index in [1.54, 1.807) is 0 Å². The number of aliphatic hydroxyl groups excluding tert-OH is 10. The van der Waals surface area contributed by atoms with Gasteiger partial charge in [0.1, 0.15) is 67.1 Å². The van der Waals surface area contributed by atoms with Crippen molar-refractivity contribution in [3.05, 3.63) is 0 Å². The molecule has 0 radical (unpaired) electrons. The van der Waals surface area contributed by atoms with Crippen molar-refractivity contribution < 1.29 is 89.0 Å². The van der Waals surface area contributed by atoms with E-state index in [-0.39, 0.29) is 22.9 Å². The third-order valence-electron chi connectivity index (χ3n) is 18.3. The van der Waals surface area contributed by atoms with E-state index < -0.39 is 123 Å². The van der Waals surface area contributed by atoms with Crippen LogP contribution in [0.5, 0.6) is 0 Å². The molecule has 1 spiro atoms. The lowest BCUT2D eigenvalue weighted by molar-refractivity contribution is -0.392. The molecule has 0 bridgehead atoms. The minimum absolute atomic E-state index is 0.145. The predicted octanol–water partition coefficient (Wildman–Crippen LogP) is -0.735. The predicted molar refractivity (Wildman–Crippen MR) is 216 cm³/mol. The maximum Gasteiger partial charge on any atom is 0.187 e. The molecule has 362 valence electrons. The Labute approximate surface area is 369 Å². The van der Waals surface area contributed by atoms with E-state index in [9.17, 15) is 51.1 Å². The monoisotopic (exact) mass is 902 g/mol. The van der Waals surface area contributed by atoms with Gasteiger partial charge in [0.15, 0.2) is 24.7 Å². The first-order valence-electron chi connectivity index (χ1n) is 23.8. The lowest BCUT2D eigenvalue weighted by Gasteiger charge is -2.62. The van der Waals surface area contributed by atoms with E-state index in [1.165, 1.54) is 6.92 Å². The molecule has 0 aromatic carbocycles. The molecule has 28 unspecified atom stereocenters. The van der Waals surface area contributed by atoms with Crippen LogP contribution in [0.2, 0.25) is 0 Å². The molecule has 9 rings (SSSR count). The standard InChI is InChI=1S/C45H74O18/c1-18-8-11-45(56-17-18)19(2)30-27(63-45)13-24-22-7-6-21-12-26(25(48)14-44(21,5)23(22)9-10-43(24,30)4)58-42-39(62-40-35(53)33(51)31(49)20(3)57-40)37(55)38(29(16-47)60-42)61-41-36(54)34(52)32(50)28(15-46)59-41/h18-42,46-55H,6-17H2,1-5H3. The Balaban J connectivity index is 0.916. The van der Waals surface area contributed by atoms with E-state index in [0.29, 0.717) is 48.3 Å². The smallest absolute Gasteiger partial charge is 0.187 e. The van der Waals surface area contributed by atoms with Crippen LogP contribution in [0.15, 0.2) is 0 Å². The summed E-state index contributed by atoms with van der Waals surface area (Å²) in [5.74, 6) is 2.45. The molecular weight excluding hydrogens is 828 g/mol. The maximum absolute atomic E-state index is 12.1. The molecule has 0 aromatic rings. The van der Waals surface area contributed by atoms with Crippen LogP contribution in [0, 0.1) is 52.3 Å². The van der Waals surface area contributed by atoms with Crippen molar-refractivity contribution in [1.29, 1.82) is 0 Å². The van der Waals surface area contributed by atoms with Gasteiger partial charge in [0.2, 0.25) is 0 Å². The molecule has 0 aromatic heterocycles. The minimum Gasteiger partial charge on any atom is -0.394 e. The van der Waals surface area contributed by atoms with Gasteiger partial charge in [-0.1, -0.05) is 27.7 Å². The molecule has 18 heteroatoms. The molecule has 5 saturated heterocycles. The number of hydrogen-bond donors (Lipinski definition) is 10. The zero-order valence-corrected chi connectivity index (χ0v) is 37.2. The molecule has 63 heavy (non-hydrogen) atoms. The Morgan fingerprint density at radius 3 is 1.95 bits per heavy atom. The highest BCUT2D eigenvalue weighted by atomic mass is 16.8. The quantitative estimate of drug-likeness (QED) is 0.134. The van der Waals surface area contributed by atoms with Crippen molar-refractivity contribution in [2.24, 2.45) is 52.3 Å². The van der Waals surface area contributed by atoms with Gasteiger partial charge in [-0.15, -0.1) is 0 Å². The average molecular weight is 903 g/mol. The molecular formula is C45H74O18. The van der Waals surface area contributed by atoms with Crippen molar-refractivity contribution in [3.8, 4) is 0 Å². The summed E-state index contributed by atoms with van der Waals surface area (Å²) in [6.45, 7) is 10.2. The first-order valence-corrected chi connectivity index (χ1v) is 23.8. The van der Waals surface area contributed by atoms with E-state index in [1.807, 2.05) is 0 Å². The molecule has 5 aliphatic heterocycles. The first-order chi connectivity index (χ1) is 29.8. The zero-order chi connectivity index (χ0) is 45.1. The third-order valence-corrected chi connectivity index (χ3v) is 18.3. The molecule has 4 saturated carbocycles. The fourth-order valence-corrected chi connectivity index (χ4v) is 14.7. The third kappa shape index (κ3) is 7.79. The van der Waals surface area contributed by atoms with Crippen LogP contribution >= 0.6 is 0 Å². The van der Waals surface area contributed by atoms with E-state index in [4.69, 9.17) is 37.9 Å². The Morgan fingerprint density at radius 2 is 1.27 bits per heavy atom. The van der Waals surface area contributed by atoms with Gasteiger partial charge in [-0.25, -0.2) is 0 Å². The van der Waals surface area contributed by atoms with Crippen molar-refractivity contribution in [1.82, 2.24) is 0 Å². The van der Waals surface area contributed by atoms with Crippen LogP contribution in [0.25, 0.3) is 0 Å². The second kappa shape index (κ2) is 17.7. The molecule has 9 fully saturated rings. The summed E-state index contributed by atoms with van der Waals surface area (Å²) in [6, 6.07) is 0. The van der Waals surface area contributed by atoms with Gasteiger partial charge in [-0.2, -0.15) is 0 Å². The van der Waals surface area contributed by atoms with Gasteiger partial charge in [-0.3, -0.25) is 0 Å². The second-order valence-corrected chi connectivity index (χ2v) is 21.7. The lowest BCUT2D eigenvalue weighted by Crippen LogP contribution is -2.67. The summed E-state index contributed by atoms with van der Waals surface area (Å²) >= 11 is 0. The van der Waals surface area contributed by atoms with Gasteiger partial charge >= 0.3 is 0 Å². The summed E-state index contributed by atoms with van der Waals surface area (Å²) in [7, 11) is 0. The normalized spacial score (nSPS) is 59.4. The van der Waals surface area contributed by atoms with Crippen LogP contribution in [0.4, 0.5) is 0 Å². The number of rotatable bonds is 8. The van der Waals surface area contributed by atoms with Crippen LogP contribution < -0.4 is 0 Å². The number of aliphatic hydroxyl groups is 10. The maximum atomic E-state index is 12.1. The van der Waals surface area contributed by atoms with Crippen molar-refractivity contribution in [3.63, 3.8) is 0 Å². The fraction of sp³-hybridized carbons (Fsp3) is 1.00. The van der Waals surface area contributed by atoms with Crippen LogP contribution in [-0.2, 0) is 37.9 Å². The van der Waals surface area contributed by atoms with E-state index in [2.05, 4.69) is 27.7 Å². The topological polar surface area (TPSA) is 276 Å². The highest BCUT2D eigenvalue weighted by molar-refractivity contribution is 5.16. The Hall–Kier alpha value is -0.720. The largest absolute Gasteiger partial charge is 0.394 e. The molecule has 5 heterocycles. The van der Waals surface area contributed by atoms with Crippen LogP contribution in [0.1, 0.15) is 92.4 Å². The summed E-state index contributed by atoms with van der Waals surface area (Å²) in [5.41, 5.74) is -0.0296. The minimum atomic E-state index is -1.85. The highest BCUT2D eigenvalue weighted by Gasteiger charge is 2.69. The Kier molecular flexibility index (Phi) is 13.3. The molecule has 28 atom stereocenters. The lowest BCUT2D eigenvalue weighted by atomic mass is 9.44. The van der Waals surface area contributed by atoms with Gasteiger partial charge in [-0.05, 0) is 105 Å². The fourth-order valence-electron chi connectivity index (χ4n) is 14.7. The number of fused-ring (bicyclic) bond motifs is 7. The summed E-state index contributed by atoms with van der Waals surface area (Å²) in [5, 5.41) is 108. The van der Waals surface area contributed by atoms with E-state index >= 15 is 0 Å². The Bertz CT molecular complexity index is 1580. The Morgan fingerprint density at radius 1 is 0.603 bits per heavy atom. The second-order valence-electron chi connectivity index (χ2n) is 21.7. The SMILES string of the molecule is CC1CCC2(OC1)OC1CC3C4CCC5CC(OC6OC(CO)C(OC7OC(CO)C(O)C(O)C7O)C(O)C6OC6OC(C)C(O)C(O)C6O)C(O)CC5(C)C4CCC3(C)C1C2C. The molecule has 18 nitrogen and oxygen atoms in total. The average Bonchev–Trinajstić information content (AvgIpc) is 3.70. The van der Waals surface area contributed by atoms with Gasteiger partial charge in [0.25, 0.3) is 0 Å². The number of hydrogen-bond acceptors (Lipinski definition) is 18. The highest BCUT2D eigenvalue weighted by Crippen LogP contribution is 2.71. The van der Waals surface area contributed by atoms with Gasteiger partial charge in [0, 0.05) is 12.3 Å². The van der Waals surface area contributed by atoms with Crippen LogP contribution in [-0.4, -0.2) is 187 Å². The summed E-state index contributed by atoms with van der Waals surface area (Å²) in [4.78, 5) is 0. The molecule has 10 N–H and O–H groups in total. The van der Waals surface area contributed by atoms with Crippen molar-refractivity contribution in [2.45, 2.75) is 209 Å². The molecule has 9 aliphatic rings.